The minimum atomic E-state index is -2.77. The molecule has 0 aromatic carbocycles. The molecule has 0 saturated heterocycles. The number of carbonyl (C=O) groups is 1. The van der Waals surface area contributed by atoms with Crippen LogP contribution in [0.1, 0.15) is 59.9 Å². The van der Waals surface area contributed by atoms with Gasteiger partial charge < -0.3 is 15.0 Å². The number of aliphatic hydroxyl groups excluding tert-OH is 1. The molecule has 1 fully saturated rings. The lowest BCUT2D eigenvalue weighted by Crippen LogP contribution is -2.16. The SMILES string of the molecule is C[C@H](CO)n1nnnc1-c1cccc(NC(=O)c2cc(-n3cnc(C4CC4)c3)c(C(F)F)cn2)n1. The predicted molar refractivity (Wildman–Crippen MR) is 119 cm³/mol. The van der Waals surface area contributed by atoms with Gasteiger partial charge in [0.25, 0.3) is 12.3 Å². The Kier molecular flexibility index (Phi) is 5.99. The van der Waals surface area contributed by atoms with Gasteiger partial charge in [-0.1, -0.05) is 6.07 Å². The summed E-state index contributed by atoms with van der Waals surface area (Å²) >= 11 is 0. The number of carbonyl (C=O) groups excluding carboxylic acids is 1. The van der Waals surface area contributed by atoms with Crippen molar-refractivity contribution in [3.63, 3.8) is 0 Å². The van der Waals surface area contributed by atoms with Crippen LogP contribution in [0.3, 0.4) is 0 Å². The molecule has 1 saturated carbocycles. The average Bonchev–Trinajstić information content (AvgIpc) is 3.39. The zero-order valence-corrected chi connectivity index (χ0v) is 18.6. The molecular weight excluding hydrogens is 460 g/mol. The van der Waals surface area contributed by atoms with Crippen molar-refractivity contribution < 1.29 is 18.7 Å². The molecule has 1 amide bonds. The number of alkyl halides is 2. The molecule has 5 rings (SSSR count). The Morgan fingerprint density at radius 2 is 2.11 bits per heavy atom. The molecule has 1 aliphatic carbocycles. The van der Waals surface area contributed by atoms with Gasteiger partial charge in [0.05, 0.1) is 35.9 Å². The van der Waals surface area contributed by atoms with Crippen LogP contribution in [0.15, 0.2) is 43.0 Å². The van der Waals surface area contributed by atoms with Crippen molar-refractivity contribution in [2.45, 2.75) is 38.2 Å². The third kappa shape index (κ3) is 4.62. The molecule has 13 heteroatoms. The second kappa shape index (κ2) is 9.25. The highest BCUT2D eigenvalue weighted by Crippen LogP contribution is 2.39. The standard InChI is InChI=1S/C22H21F2N9O2/c1-12(10-34)33-21(29-30-31-33)15-3-2-4-19(27-15)28-22(35)16-7-18(14(8-25-16)20(23)24)32-9-17(26-11-32)13-5-6-13/h2-4,7-9,11-13,20,34H,5-6,10H2,1H3,(H,27,28,35)/t12-/m1/s1. The summed E-state index contributed by atoms with van der Waals surface area (Å²) in [5.74, 6) is 0.243. The van der Waals surface area contributed by atoms with E-state index in [9.17, 15) is 18.7 Å². The normalized spacial score (nSPS) is 14.3. The zero-order valence-electron chi connectivity index (χ0n) is 18.6. The van der Waals surface area contributed by atoms with Gasteiger partial charge in [-0.05, 0) is 48.4 Å². The van der Waals surface area contributed by atoms with Crippen molar-refractivity contribution in [1.82, 2.24) is 39.7 Å². The lowest BCUT2D eigenvalue weighted by molar-refractivity contribution is 0.102. The van der Waals surface area contributed by atoms with E-state index in [-0.39, 0.29) is 35.4 Å². The minimum absolute atomic E-state index is 0.0583. The first-order valence-electron chi connectivity index (χ1n) is 10.9. The van der Waals surface area contributed by atoms with E-state index in [1.165, 1.54) is 21.6 Å². The van der Waals surface area contributed by atoms with Crippen LogP contribution in [0.4, 0.5) is 14.6 Å². The molecule has 180 valence electrons. The Morgan fingerprint density at radius 3 is 2.86 bits per heavy atom. The molecule has 0 radical (unpaired) electrons. The van der Waals surface area contributed by atoms with Gasteiger partial charge in [-0.25, -0.2) is 23.4 Å². The van der Waals surface area contributed by atoms with Crippen molar-refractivity contribution in [2.24, 2.45) is 0 Å². The summed E-state index contributed by atoms with van der Waals surface area (Å²) in [6, 6.07) is 5.82. The number of rotatable bonds is 8. The van der Waals surface area contributed by atoms with Gasteiger partial charge in [0.15, 0.2) is 0 Å². The summed E-state index contributed by atoms with van der Waals surface area (Å²) in [6.45, 7) is 1.57. The van der Waals surface area contributed by atoms with Crippen LogP contribution < -0.4 is 5.32 Å². The quantitative estimate of drug-likeness (QED) is 0.392. The first-order valence-corrected chi connectivity index (χ1v) is 10.9. The third-order valence-corrected chi connectivity index (χ3v) is 5.65. The Morgan fingerprint density at radius 1 is 1.29 bits per heavy atom. The lowest BCUT2D eigenvalue weighted by atomic mass is 10.2. The number of halogens is 2. The minimum Gasteiger partial charge on any atom is -0.394 e. The maximum atomic E-state index is 13.6. The number of hydrogen-bond donors (Lipinski definition) is 2. The number of aliphatic hydroxyl groups is 1. The molecule has 11 nitrogen and oxygen atoms in total. The van der Waals surface area contributed by atoms with Gasteiger partial charge in [0.1, 0.15) is 17.2 Å². The van der Waals surface area contributed by atoms with E-state index in [0.717, 1.165) is 24.7 Å². The molecule has 4 aromatic rings. The van der Waals surface area contributed by atoms with Crippen molar-refractivity contribution >= 4 is 11.7 Å². The van der Waals surface area contributed by atoms with Crippen LogP contribution >= 0.6 is 0 Å². The van der Waals surface area contributed by atoms with E-state index in [0.29, 0.717) is 17.4 Å². The van der Waals surface area contributed by atoms with Crippen LogP contribution in [0, 0.1) is 0 Å². The van der Waals surface area contributed by atoms with Crippen LogP contribution in [0.25, 0.3) is 17.2 Å². The molecule has 0 spiro atoms. The highest BCUT2D eigenvalue weighted by molar-refractivity contribution is 6.02. The second-order valence-corrected chi connectivity index (χ2v) is 8.25. The fourth-order valence-electron chi connectivity index (χ4n) is 3.58. The number of nitrogens with zero attached hydrogens (tertiary/aromatic N) is 8. The predicted octanol–water partition coefficient (Wildman–Crippen LogP) is 2.94. The first kappa shape index (κ1) is 22.7. The smallest absolute Gasteiger partial charge is 0.275 e. The van der Waals surface area contributed by atoms with E-state index < -0.39 is 12.3 Å². The van der Waals surface area contributed by atoms with E-state index >= 15 is 0 Å². The highest BCUT2D eigenvalue weighted by Gasteiger charge is 2.27. The number of hydrogen-bond acceptors (Lipinski definition) is 8. The van der Waals surface area contributed by atoms with E-state index in [1.54, 1.807) is 31.3 Å². The third-order valence-electron chi connectivity index (χ3n) is 5.65. The van der Waals surface area contributed by atoms with Crippen LogP contribution in [0.5, 0.6) is 0 Å². The van der Waals surface area contributed by atoms with E-state index in [4.69, 9.17) is 0 Å². The van der Waals surface area contributed by atoms with Crippen LogP contribution in [0.2, 0.25) is 0 Å². The molecular formula is C22H21F2N9O2. The van der Waals surface area contributed by atoms with Gasteiger partial charge in [0.2, 0.25) is 5.82 Å². The van der Waals surface area contributed by atoms with Crippen LogP contribution in [-0.2, 0) is 0 Å². The number of pyridine rings is 2. The molecule has 35 heavy (non-hydrogen) atoms. The van der Waals surface area contributed by atoms with Gasteiger partial charge >= 0.3 is 0 Å². The molecule has 4 aromatic heterocycles. The molecule has 1 atom stereocenters. The Labute approximate surface area is 197 Å². The Bertz CT molecular complexity index is 1370. The Balaban J connectivity index is 1.41. The number of amides is 1. The number of nitrogens with one attached hydrogen (secondary N) is 1. The van der Waals surface area contributed by atoms with Gasteiger partial charge in [-0.2, -0.15) is 0 Å². The van der Waals surface area contributed by atoms with Gasteiger partial charge in [0, 0.05) is 18.3 Å². The first-order chi connectivity index (χ1) is 16.9. The number of imidazole rings is 1. The summed E-state index contributed by atoms with van der Waals surface area (Å²) < 4.78 is 30.2. The van der Waals surface area contributed by atoms with Crippen LogP contribution in [-0.4, -0.2) is 57.3 Å². The maximum absolute atomic E-state index is 13.6. The van der Waals surface area contributed by atoms with Gasteiger partial charge in [-0.3, -0.25) is 9.78 Å². The second-order valence-electron chi connectivity index (χ2n) is 8.25. The summed E-state index contributed by atoms with van der Waals surface area (Å²) in [7, 11) is 0. The molecule has 0 aliphatic heterocycles. The number of aromatic nitrogens is 8. The summed E-state index contributed by atoms with van der Waals surface area (Å²) in [4.78, 5) is 25.5. The fraction of sp³-hybridized carbons (Fsp3) is 0.318. The molecule has 1 aliphatic rings. The molecule has 4 heterocycles. The van der Waals surface area contributed by atoms with Crippen molar-refractivity contribution in [1.29, 1.82) is 0 Å². The molecule has 2 N–H and O–H groups in total. The monoisotopic (exact) mass is 481 g/mol. The molecule has 0 unspecified atom stereocenters. The maximum Gasteiger partial charge on any atom is 0.275 e. The molecule has 0 bridgehead atoms. The Hall–Kier alpha value is -4.13. The fourth-order valence-corrected chi connectivity index (χ4v) is 3.58. The average molecular weight is 481 g/mol. The van der Waals surface area contributed by atoms with Crippen molar-refractivity contribution in [2.75, 3.05) is 11.9 Å². The zero-order chi connectivity index (χ0) is 24.5. The van der Waals surface area contributed by atoms with E-state index in [1.807, 2.05) is 0 Å². The highest BCUT2D eigenvalue weighted by atomic mass is 19.3. The number of tetrazole rings is 1. The summed E-state index contributed by atoms with van der Waals surface area (Å²) in [5, 5.41) is 23.5. The number of anilines is 1. The van der Waals surface area contributed by atoms with E-state index in [2.05, 4.69) is 35.8 Å². The van der Waals surface area contributed by atoms with Crippen molar-refractivity contribution in [3.8, 4) is 17.2 Å². The van der Waals surface area contributed by atoms with Crippen molar-refractivity contribution in [3.05, 3.63) is 59.9 Å². The topological polar surface area (TPSA) is 137 Å². The van der Waals surface area contributed by atoms with Gasteiger partial charge in [-0.15, -0.1) is 5.10 Å². The summed E-state index contributed by atoms with van der Waals surface area (Å²) in [5.41, 5.74) is 0.995. The largest absolute Gasteiger partial charge is 0.394 e. The summed E-state index contributed by atoms with van der Waals surface area (Å²) in [6.07, 6.45) is 3.47. The lowest BCUT2D eigenvalue weighted by Gasteiger charge is -2.12.